The molecule has 0 N–H and O–H groups in total. The molecule has 0 radical (unpaired) electrons. The van der Waals surface area contributed by atoms with E-state index >= 15 is 0 Å². The van der Waals surface area contributed by atoms with Gasteiger partial charge in [0.2, 0.25) is 0 Å². The predicted molar refractivity (Wildman–Crippen MR) is 124 cm³/mol. The Hall–Kier alpha value is -3.32. The summed E-state index contributed by atoms with van der Waals surface area (Å²) in [4.78, 5) is 11.9. The molecule has 4 aromatic rings. The Bertz CT molecular complexity index is 1230. The Morgan fingerprint density at radius 3 is 2.12 bits per heavy atom. The normalized spacial score (nSPS) is 23.0. The first-order valence-corrected chi connectivity index (χ1v) is 11.3. The first-order chi connectivity index (χ1) is 15.6. The van der Waals surface area contributed by atoms with E-state index in [2.05, 4.69) is 50.0 Å². The van der Waals surface area contributed by atoms with Crippen LogP contribution < -0.4 is 0 Å². The fourth-order valence-corrected chi connectivity index (χ4v) is 5.32. The van der Waals surface area contributed by atoms with E-state index in [0.717, 1.165) is 33.6 Å². The maximum Gasteiger partial charge on any atom is 0.159 e. The van der Waals surface area contributed by atoms with Crippen LogP contribution in [0.3, 0.4) is 0 Å². The third-order valence-corrected chi connectivity index (χ3v) is 7.19. The molecule has 32 heavy (non-hydrogen) atoms. The second kappa shape index (κ2) is 7.67. The summed E-state index contributed by atoms with van der Waals surface area (Å²) in [5.74, 6) is 0.721. The second-order valence-electron chi connectivity index (χ2n) is 9.16. The fraction of sp³-hybridized carbons (Fsp3) is 0.360. The van der Waals surface area contributed by atoms with Crippen LogP contribution in [-0.4, -0.2) is 53.6 Å². The van der Waals surface area contributed by atoms with E-state index in [1.807, 2.05) is 54.8 Å². The van der Waals surface area contributed by atoms with Gasteiger partial charge in [-0.15, -0.1) is 0 Å². The number of fused-ring (bicyclic) bond motifs is 2. The van der Waals surface area contributed by atoms with Crippen LogP contribution in [0.15, 0.2) is 61.4 Å². The molecule has 3 aromatic heterocycles. The van der Waals surface area contributed by atoms with Crippen LogP contribution in [-0.2, 0) is 7.05 Å². The number of aryl methyl sites for hydroxylation is 1. The van der Waals surface area contributed by atoms with Gasteiger partial charge in [0.05, 0.1) is 18.4 Å². The maximum absolute atomic E-state index is 4.70. The summed E-state index contributed by atoms with van der Waals surface area (Å²) in [6.45, 7) is 0. The topological polar surface area (TPSA) is 64.7 Å². The van der Waals surface area contributed by atoms with Crippen LogP contribution in [0.1, 0.15) is 31.7 Å². The van der Waals surface area contributed by atoms with Crippen LogP contribution in [0.4, 0.5) is 0 Å². The molecule has 162 valence electrons. The van der Waals surface area contributed by atoms with Crippen molar-refractivity contribution in [3.8, 4) is 33.6 Å². The molecule has 5 heterocycles. The lowest BCUT2D eigenvalue weighted by Gasteiger charge is -2.36. The molecule has 2 fully saturated rings. The van der Waals surface area contributed by atoms with Gasteiger partial charge in [0.15, 0.2) is 5.82 Å². The van der Waals surface area contributed by atoms with Crippen molar-refractivity contribution in [2.24, 2.45) is 7.05 Å². The van der Waals surface area contributed by atoms with E-state index in [1.165, 1.54) is 25.7 Å². The highest BCUT2D eigenvalue weighted by molar-refractivity contribution is 5.70. The first-order valence-electron chi connectivity index (χ1n) is 11.3. The molecule has 6 rings (SSSR count). The van der Waals surface area contributed by atoms with Crippen molar-refractivity contribution in [1.82, 2.24) is 34.4 Å². The summed E-state index contributed by atoms with van der Waals surface area (Å²) in [5.41, 5.74) is 5.26. The summed E-state index contributed by atoms with van der Waals surface area (Å²) in [5, 5.41) is 8.97. The molecule has 0 spiro atoms. The van der Waals surface area contributed by atoms with Crippen molar-refractivity contribution in [3.05, 3.63) is 61.4 Å². The Balaban J connectivity index is 1.21. The van der Waals surface area contributed by atoms with Crippen molar-refractivity contribution >= 4 is 0 Å². The molecular formula is C25H27N7. The monoisotopic (exact) mass is 425 g/mol. The standard InChI is InChI=1S/C25H27N7/c1-30-15-20(13-28-30)17-4-3-5-18(8-17)25-26-11-19(12-27-25)21-14-29-32(16-21)24-9-22-6-7-23(10-24)31(22)2/h3-5,8,11-16,22-24H,6-7,9-10H2,1-2H3/t22-,23?,24?/m0/s1. The largest absolute Gasteiger partial charge is 0.300 e. The minimum Gasteiger partial charge on any atom is -0.300 e. The lowest BCUT2D eigenvalue weighted by Crippen LogP contribution is -2.40. The van der Waals surface area contributed by atoms with Gasteiger partial charge < -0.3 is 4.90 Å². The molecule has 2 unspecified atom stereocenters. The van der Waals surface area contributed by atoms with Crippen LogP contribution in [0.5, 0.6) is 0 Å². The highest BCUT2D eigenvalue weighted by atomic mass is 15.3. The molecule has 2 aliphatic rings. The molecule has 2 saturated heterocycles. The summed E-state index contributed by atoms with van der Waals surface area (Å²) in [6, 6.07) is 10.2. The lowest BCUT2D eigenvalue weighted by molar-refractivity contribution is 0.131. The SMILES string of the molecule is CN1C2CC[C@H]1CC(n1cc(-c3cnc(-c4cccc(-c5cnn(C)c5)c4)nc3)cn1)C2. The van der Waals surface area contributed by atoms with E-state index in [9.17, 15) is 0 Å². The fourth-order valence-electron chi connectivity index (χ4n) is 5.32. The van der Waals surface area contributed by atoms with Gasteiger partial charge >= 0.3 is 0 Å². The highest BCUT2D eigenvalue weighted by Gasteiger charge is 2.39. The second-order valence-corrected chi connectivity index (χ2v) is 9.16. The van der Waals surface area contributed by atoms with Crippen LogP contribution in [0.25, 0.3) is 33.6 Å². The highest BCUT2D eigenvalue weighted by Crippen LogP contribution is 2.39. The molecule has 3 atom stereocenters. The predicted octanol–water partition coefficient (Wildman–Crippen LogP) is 4.21. The molecule has 7 heteroatoms. The summed E-state index contributed by atoms with van der Waals surface area (Å²) < 4.78 is 3.97. The Morgan fingerprint density at radius 1 is 0.719 bits per heavy atom. The first kappa shape index (κ1) is 19.4. The van der Waals surface area contributed by atoms with Crippen molar-refractivity contribution < 1.29 is 0 Å². The number of hydrogen-bond acceptors (Lipinski definition) is 5. The molecule has 2 aliphatic heterocycles. The van der Waals surface area contributed by atoms with Gasteiger partial charge in [0.25, 0.3) is 0 Å². The van der Waals surface area contributed by atoms with Gasteiger partial charge in [0.1, 0.15) is 0 Å². The third-order valence-electron chi connectivity index (χ3n) is 7.19. The molecule has 1 aromatic carbocycles. The average Bonchev–Trinajstić information content (AvgIpc) is 3.52. The molecule has 0 saturated carbocycles. The van der Waals surface area contributed by atoms with Crippen LogP contribution in [0.2, 0.25) is 0 Å². The third kappa shape index (κ3) is 3.42. The quantitative estimate of drug-likeness (QED) is 0.490. The number of benzene rings is 1. The Labute approximate surface area is 187 Å². The van der Waals surface area contributed by atoms with Crippen molar-refractivity contribution in [3.63, 3.8) is 0 Å². The van der Waals surface area contributed by atoms with Crippen molar-refractivity contribution in [1.29, 1.82) is 0 Å². The number of nitrogens with zero attached hydrogens (tertiary/aromatic N) is 7. The molecule has 7 nitrogen and oxygen atoms in total. The molecular weight excluding hydrogens is 398 g/mol. The zero-order chi connectivity index (χ0) is 21.7. The van der Waals surface area contributed by atoms with E-state index in [0.29, 0.717) is 18.1 Å². The van der Waals surface area contributed by atoms with Gasteiger partial charge in [0, 0.05) is 66.2 Å². The minimum absolute atomic E-state index is 0.493. The summed E-state index contributed by atoms with van der Waals surface area (Å²) in [6.07, 6.45) is 16.8. The number of rotatable bonds is 4. The van der Waals surface area contributed by atoms with Gasteiger partial charge in [-0.05, 0) is 44.4 Å². The molecule has 0 amide bonds. The van der Waals surface area contributed by atoms with E-state index < -0.39 is 0 Å². The zero-order valence-electron chi connectivity index (χ0n) is 18.5. The summed E-state index contributed by atoms with van der Waals surface area (Å²) in [7, 11) is 4.20. The Kier molecular flexibility index (Phi) is 4.64. The Morgan fingerprint density at radius 2 is 1.41 bits per heavy atom. The van der Waals surface area contributed by atoms with Crippen LogP contribution >= 0.6 is 0 Å². The van der Waals surface area contributed by atoms with Crippen LogP contribution in [0, 0.1) is 0 Å². The van der Waals surface area contributed by atoms with Gasteiger partial charge in [-0.3, -0.25) is 9.36 Å². The van der Waals surface area contributed by atoms with Gasteiger partial charge in [-0.2, -0.15) is 10.2 Å². The van der Waals surface area contributed by atoms with E-state index in [4.69, 9.17) is 5.10 Å². The summed E-state index contributed by atoms with van der Waals surface area (Å²) >= 11 is 0. The van der Waals surface area contributed by atoms with E-state index in [1.54, 1.807) is 0 Å². The lowest BCUT2D eigenvalue weighted by atomic mass is 9.98. The average molecular weight is 426 g/mol. The molecule has 0 aliphatic carbocycles. The number of hydrogen-bond donors (Lipinski definition) is 0. The minimum atomic E-state index is 0.493. The maximum atomic E-state index is 4.70. The number of aromatic nitrogens is 6. The van der Waals surface area contributed by atoms with Crippen molar-refractivity contribution in [2.75, 3.05) is 7.05 Å². The molecule has 2 bridgehead atoms. The smallest absolute Gasteiger partial charge is 0.159 e. The number of piperidine rings is 1. The van der Waals surface area contributed by atoms with E-state index in [-0.39, 0.29) is 0 Å². The van der Waals surface area contributed by atoms with Gasteiger partial charge in [-0.1, -0.05) is 18.2 Å². The van der Waals surface area contributed by atoms with Crippen molar-refractivity contribution in [2.45, 2.75) is 43.8 Å². The zero-order valence-corrected chi connectivity index (χ0v) is 18.5. The van der Waals surface area contributed by atoms with Gasteiger partial charge in [-0.25, -0.2) is 9.97 Å².